The Morgan fingerprint density at radius 2 is 2.10 bits per heavy atom. The summed E-state index contributed by atoms with van der Waals surface area (Å²) in [7, 11) is 1.23. The standard InChI is InChI=1S/C21H20BrClN2O6/c1-4-11(2)30-18-12(7-13(23)9-15(18)22)8-16-19(26)25(21(28)24-16)10-14-5-6-17(31-14)20(27)29-3/h5-9,11H,4,10H2,1-3H3,(H,24,28)/b16-8-/t11-/m0/s1. The van der Waals surface area contributed by atoms with Crippen molar-refractivity contribution in [3.05, 3.63) is 56.5 Å². The number of methoxy groups -OCH3 is 1. The largest absolute Gasteiger partial charge is 0.489 e. The lowest BCUT2D eigenvalue weighted by atomic mass is 10.1. The number of amides is 3. The van der Waals surface area contributed by atoms with Gasteiger partial charge in [-0.3, -0.25) is 9.69 Å². The second-order valence-corrected chi connectivity index (χ2v) is 8.07. The van der Waals surface area contributed by atoms with E-state index in [2.05, 4.69) is 26.0 Å². The van der Waals surface area contributed by atoms with Crippen molar-refractivity contribution < 1.29 is 28.3 Å². The molecule has 164 valence electrons. The zero-order chi connectivity index (χ0) is 22.7. The fourth-order valence-corrected chi connectivity index (χ4v) is 3.72. The summed E-state index contributed by atoms with van der Waals surface area (Å²) in [5.74, 6) is -0.441. The van der Waals surface area contributed by atoms with E-state index in [1.54, 1.807) is 12.1 Å². The van der Waals surface area contributed by atoms with Gasteiger partial charge < -0.3 is 19.2 Å². The summed E-state index contributed by atoms with van der Waals surface area (Å²) in [5, 5.41) is 2.99. The van der Waals surface area contributed by atoms with E-state index >= 15 is 0 Å². The number of imide groups is 1. The number of carbonyl (C=O) groups excluding carboxylic acids is 3. The molecule has 10 heteroatoms. The van der Waals surface area contributed by atoms with E-state index in [-0.39, 0.29) is 29.9 Å². The SMILES string of the molecule is CC[C@H](C)Oc1c(Br)cc(Cl)cc1/C=C1\NC(=O)N(Cc2ccc(C(=O)OC)o2)C1=O. The number of hydrogen-bond acceptors (Lipinski definition) is 6. The zero-order valence-electron chi connectivity index (χ0n) is 17.0. The number of urea groups is 1. The molecule has 31 heavy (non-hydrogen) atoms. The minimum atomic E-state index is -0.649. The van der Waals surface area contributed by atoms with Crippen molar-refractivity contribution in [1.29, 1.82) is 0 Å². The van der Waals surface area contributed by atoms with Crippen molar-refractivity contribution in [2.45, 2.75) is 32.9 Å². The molecule has 1 aliphatic rings. The molecule has 1 saturated heterocycles. The molecule has 0 bridgehead atoms. The van der Waals surface area contributed by atoms with Crippen molar-refractivity contribution in [3.8, 4) is 5.75 Å². The highest BCUT2D eigenvalue weighted by molar-refractivity contribution is 9.10. The lowest BCUT2D eigenvalue weighted by Gasteiger charge is -2.17. The van der Waals surface area contributed by atoms with Crippen molar-refractivity contribution in [2.24, 2.45) is 0 Å². The van der Waals surface area contributed by atoms with Gasteiger partial charge in [-0.15, -0.1) is 0 Å². The van der Waals surface area contributed by atoms with Gasteiger partial charge in [0.2, 0.25) is 5.76 Å². The van der Waals surface area contributed by atoms with Gasteiger partial charge in [0, 0.05) is 10.6 Å². The van der Waals surface area contributed by atoms with E-state index in [1.165, 1.54) is 25.3 Å². The number of esters is 1. The second-order valence-electron chi connectivity index (χ2n) is 6.78. The van der Waals surface area contributed by atoms with E-state index < -0.39 is 17.9 Å². The van der Waals surface area contributed by atoms with Crippen molar-refractivity contribution in [3.63, 3.8) is 0 Å². The van der Waals surface area contributed by atoms with Gasteiger partial charge >= 0.3 is 12.0 Å². The molecule has 0 aliphatic carbocycles. The number of nitrogens with zero attached hydrogens (tertiary/aromatic N) is 1. The highest BCUT2D eigenvalue weighted by Crippen LogP contribution is 2.35. The number of rotatable bonds is 7. The number of benzene rings is 1. The molecule has 3 rings (SSSR count). The van der Waals surface area contributed by atoms with Crippen LogP contribution in [0.25, 0.3) is 6.08 Å². The highest BCUT2D eigenvalue weighted by Gasteiger charge is 2.34. The van der Waals surface area contributed by atoms with Crippen LogP contribution >= 0.6 is 27.5 Å². The van der Waals surface area contributed by atoms with E-state index in [9.17, 15) is 14.4 Å². The maximum atomic E-state index is 12.8. The Morgan fingerprint density at radius 3 is 2.77 bits per heavy atom. The lowest BCUT2D eigenvalue weighted by Crippen LogP contribution is -2.30. The van der Waals surface area contributed by atoms with Gasteiger partial charge in [-0.1, -0.05) is 18.5 Å². The normalized spacial score (nSPS) is 15.9. The average molecular weight is 512 g/mol. The first-order valence-corrected chi connectivity index (χ1v) is 10.6. The second kappa shape index (κ2) is 9.57. The quantitative estimate of drug-likeness (QED) is 0.327. The van der Waals surface area contributed by atoms with Crippen LogP contribution in [-0.2, 0) is 16.1 Å². The van der Waals surface area contributed by atoms with Gasteiger partial charge in [0.1, 0.15) is 17.2 Å². The van der Waals surface area contributed by atoms with Crippen LogP contribution in [0.3, 0.4) is 0 Å². The van der Waals surface area contributed by atoms with Gasteiger partial charge in [-0.2, -0.15) is 0 Å². The van der Waals surface area contributed by atoms with E-state index in [1.807, 2.05) is 13.8 Å². The predicted octanol–water partition coefficient (Wildman–Crippen LogP) is 4.75. The van der Waals surface area contributed by atoms with Crippen LogP contribution in [-0.4, -0.2) is 36.0 Å². The molecule has 1 fully saturated rings. The van der Waals surface area contributed by atoms with Gasteiger partial charge in [0.15, 0.2) is 0 Å². The Balaban J connectivity index is 1.86. The van der Waals surface area contributed by atoms with Crippen LogP contribution in [0.15, 0.2) is 38.9 Å². The number of carbonyl (C=O) groups is 3. The first-order valence-electron chi connectivity index (χ1n) is 9.40. The number of furan rings is 1. The molecule has 8 nitrogen and oxygen atoms in total. The molecule has 2 aromatic rings. The number of ether oxygens (including phenoxy) is 2. The first-order chi connectivity index (χ1) is 14.7. The predicted molar refractivity (Wildman–Crippen MR) is 117 cm³/mol. The molecule has 0 spiro atoms. The minimum Gasteiger partial charge on any atom is -0.489 e. The third-order valence-electron chi connectivity index (χ3n) is 4.56. The van der Waals surface area contributed by atoms with Crippen LogP contribution in [0.1, 0.15) is 42.1 Å². The van der Waals surface area contributed by atoms with Gasteiger partial charge in [-0.25, -0.2) is 9.59 Å². The van der Waals surface area contributed by atoms with Crippen LogP contribution in [0.5, 0.6) is 5.75 Å². The molecule has 1 atom stereocenters. The summed E-state index contributed by atoms with van der Waals surface area (Å²) in [5.41, 5.74) is 0.601. The van der Waals surface area contributed by atoms with Crippen LogP contribution < -0.4 is 10.1 Å². The summed E-state index contributed by atoms with van der Waals surface area (Å²) in [6.07, 6.45) is 2.23. The molecule has 1 N–H and O–H groups in total. The van der Waals surface area contributed by atoms with Crippen LogP contribution in [0, 0.1) is 0 Å². The molecular formula is C21H20BrClN2O6. The number of nitrogens with one attached hydrogen (secondary N) is 1. The number of halogens is 2. The summed E-state index contributed by atoms with van der Waals surface area (Å²) in [6, 6.07) is 5.64. The summed E-state index contributed by atoms with van der Waals surface area (Å²) in [6.45, 7) is 3.77. The zero-order valence-corrected chi connectivity index (χ0v) is 19.4. The number of hydrogen-bond donors (Lipinski definition) is 1. The van der Waals surface area contributed by atoms with Crippen molar-refractivity contribution in [2.75, 3.05) is 7.11 Å². The third-order valence-corrected chi connectivity index (χ3v) is 5.36. The maximum absolute atomic E-state index is 12.8. The summed E-state index contributed by atoms with van der Waals surface area (Å²) < 4.78 is 16.5. The topological polar surface area (TPSA) is 98.1 Å². The van der Waals surface area contributed by atoms with Gasteiger partial charge in [-0.05, 0) is 59.6 Å². The molecule has 0 saturated carbocycles. The van der Waals surface area contributed by atoms with E-state index in [0.717, 1.165) is 11.3 Å². The molecule has 2 heterocycles. The van der Waals surface area contributed by atoms with Crippen molar-refractivity contribution >= 4 is 51.5 Å². The molecule has 0 unspecified atom stereocenters. The van der Waals surface area contributed by atoms with Crippen LogP contribution in [0.2, 0.25) is 5.02 Å². The van der Waals surface area contributed by atoms with Crippen molar-refractivity contribution in [1.82, 2.24) is 10.2 Å². The van der Waals surface area contributed by atoms with Crippen LogP contribution in [0.4, 0.5) is 4.79 Å². The Morgan fingerprint density at radius 1 is 1.35 bits per heavy atom. The Labute approximate surface area is 192 Å². The summed E-state index contributed by atoms with van der Waals surface area (Å²) in [4.78, 5) is 37.7. The monoisotopic (exact) mass is 510 g/mol. The maximum Gasteiger partial charge on any atom is 0.373 e. The van der Waals surface area contributed by atoms with Gasteiger partial charge in [0.25, 0.3) is 5.91 Å². The smallest absolute Gasteiger partial charge is 0.373 e. The molecule has 1 aromatic heterocycles. The molecule has 1 aliphatic heterocycles. The Bertz CT molecular complexity index is 1060. The van der Waals surface area contributed by atoms with E-state index in [0.29, 0.717) is 20.8 Å². The molecule has 0 radical (unpaired) electrons. The highest BCUT2D eigenvalue weighted by atomic mass is 79.9. The lowest BCUT2D eigenvalue weighted by molar-refractivity contribution is -0.123. The molecule has 1 aromatic carbocycles. The van der Waals surface area contributed by atoms with E-state index in [4.69, 9.17) is 20.8 Å². The fraction of sp³-hybridized carbons (Fsp3) is 0.286. The third kappa shape index (κ3) is 5.11. The average Bonchev–Trinajstić information content (AvgIpc) is 3.30. The first kappa shape index (κ1) is 22.9. The Hall–Kier alpha value is -2.78. The van der Waals surface area contributed by atoms with Gasteiger partial charge in [0.05, 0.1) is 24.2 Å². The molecular weight excluding hydrogens is 492 g/mol. The Kier molecular flexibility index (Phi) is 7.07. The summed E-state index contributed by atoms with van der Waals surface area (Å²) >= 11 is 9.61. The minimum absolute atomic E-state index is 0.0177. The fourth-order valence-electron chi connectivity index (χ4n) is 2.80. The molecule has 3 amide bonds.